The number of hydrogen-bond donors (Lipinski definition) is 0. The number of amides is 1. The van der Waals surface area contributed by atoms with Crippen molar-refractivity contribution in [3.05, 3.63) is 39.4 Å². The molecule has 2 unspecified atom stereocenters. The Hall–Kier alpha value is -1.08. The smallest absolute Gasteiger partial charge is 0.290 e. The van der Waals surface area contributed by atoms with Crippen LogP contribution >= 0.6 is 31.9 Å². The number of carbonyl (C=O) groups is 1. The zero-order chi connectivity index (χ0) is 15.3. The zero-order valence-electron chi connectivity index (χ0n) is 11.8. The fourth-order valence-corrected chi connectivity index (χ4v) is 4.37. The standard InChI is InChI=1S/C15H15Br2N3O2/c16-9-7-18-19(8-9)12-5-10-1-2-11(6-12)20(10)15(21)13-3-4-14(17)22-13/h3-4,7-8,10-12H,1-2,5-6H2. The SMILES string of the molecule is O=C(c1ccc(Br)o1)N1C2CCC1CC(n1cc(Br)cn1)C2. The third kappa shape index (κ3) is 2.44. The maximum atomic E-state index is 12.7. The van der Waals surface area contributed by atoms with Crippen LogP contribution in [0, 0.1) is 0 Å². The van der Waals surface area contributed by atoms with Crippen molar-refractivity contribution in [1.82, 2.24) is 14.7 Å². The second kappa shape index (κ2) is 5.53. The van der Waals surface area contributed by atoms with Crippen molar-refractivity contribution >= 4 is 37.8 Å². The average Bonchev–Trinajstić information content (AvgIpc) is 3.17. The minimum Gasteiger partial charge on any atom is -0.444 e. The summed E-state index contributed by atoms with van der Waals surface area (Å²) >= 11 is 6.71. The molecule has 0 radical (unpaired) electrons. The first kappa shape index (κ1) is 14.5. The first-order chi connectivity index (χ1) is 10.6. The molecule has 1 amide bonds. The summed E-state index contributed by atoms with van der Waals surface area (Å²) in [5.74, 6) is 0.433. The van der Waals surface area contributed by atoms with Crippen molar-refractivity contribution in [3.63, 3.8) is 0 Å². The lowest BCUT2D eigenvalue weighted by Crippen LogP contribution is -2.46. The Morgan fingerprint density at radius 2 is 1.91 bits per heavy atom. The molecule has 2 aromatic rings. The van der Waals surface area contributed by atoms with E-state index in [4.69, 9.17) is 4.42 Å². The van der Waals surface area contributed by atoms with Crippen LogP contribution in [0.3, 0.4) is 0 Å². The molecule has 22 heavy (non-hydrogen) atoms. The van der Waals surface area contributed by atoms with Gasteiger partial charge in [-0.25, -0.2) is 0 Å². The molecule has 0 spiro atoms. The summed E-state index contributed by atoms with van der Waals surface area (Å²) in [5.41, 5.74) is 0. The van der Waals surface area contributed by atoms with Crippen LogP contribution in [0.5, 0.6) is 0 Å². The van der Waals surface area contributed by atoms with Crippen molar-refractivity contribution in [2.24, 2.45) is 0 Å². The number of nitrogens with zero attached hydrogens (tertiary/aromatic N) is 3. The fraction of sp³-hybridized carbons (Fsp3) is 0.467. The number of carbonyl (C=O) groups excluding carboxylic acids is 1. The first-order valence-corrected chi connectivity index (χ1v) is 8.98. The Labute approximate surface area is 144 Å². The van der Waals surface area contributed by atoms with Crippen LogP contribution in [0.1, 0.15) is 42.3 Å². The van der Waals surface area contributed by atoms with Crippen molar-refractivity contribution in [2.75, 3.05) is 0 Å². The summed E-state index contributed by atoms with van der Waals surface area (Å²) in [6.45, 7) is 0. The lowest BCUT2D eigenvalue weighted by molar-refractivity contribution is 0.0491. The van der Waals surface area contributed by atoms with Crippen molar-refractivity contribution in [2.45, 2.75) is 43.8 Å². The van der Waals surface area contributed by atoms with Crippen molar-refractivity contribution < 1.29 is 9.21 Å². The molecule has 2 aromatic heterocycles. The second-order valence-corrected chi connectivity index (χ2v) is 7.66. The first-order valence-electron chi connectivity index (χ1n) is 7.39. The van der Waals surface area contributed by atoms with Gasteiger partial charge in [-0.2, -0.15) is 5.10 Å². The molecule has 2 saturated heterocycles. The van der Waals surface area contributed by atoms with Crippen molar-refractivity contribution in [1.29, 1.82) is 0 Å². The van der Waals surface area contributed by atoms with Gasteiger partial charge in [-0.15, -0.1) is 0 Å². The van der Waals surface area contributed by atoms with Crippen LogP contribution in [0.25, 0.3) is 0 Å². The lowest BCUT2D eigenvalue weighted by Gasteiger charge is -2.38. The van der Waals surface area contributed by atoms with Crippen LogP contribution < -0.4 is 0 Å². The largest absolute Gasteiger partial charge is 0.444 e. The maximum Gasteiger partial charge on any atom is 0.290 e. The Bertz CT molecular complexity index is 697. The molecule has 4 heterocycles. The van der Waals surface area contributed by atoms with E-state index in [-0.39, 0.29) is 18.0 Å². The Balaban J connectivity index is 1.55. The third-order valence-corrected chi connectivity index (χ3v) is 5.51. The average molecular weight is 429 g/mol. The van der Waals surface area contributed by atoms with E-state index in [0.29, 0.717) is 16.5 Å². The highest BCUT2D eigenvalue weighted by atomic mass is 79.9. The van der Waals surface area contributed by atoms with Gasteiger partial charge in [0.2, 0.25) is 0 Å². The van der Waals surface area contributed by atoms with Crippen LogP contribution in [0.4, 0.5) is 0 Å². The van der Waals surface area contributed by atoms with Gasteiger partial charge in [0.1, 0.15) is 0 Å². The number of halogens is 2. The van der Waals surface area contributed by atoms with Gasteiger partial charge in [0.05, 0.1) is 16.7 Å². The molecule has 0 saturated carbocycles. The van der Waals surface area contributed by atoms with Crippen LogP contribution in [0.2, 0.25) is 0 Å². The van der Waals surface area contributed by atoms with Crippen LogP contribution in [-0.2, 0) is 0 Å². The third-order valence-electron chi connectivity index (χ3n) is 4.67. The normalized spacial score (nSPS) is 27.4. The van der Waals surface area contributed by atoms with E-state index in [1.165, 1.54) is 0 Å². The lowest BCUT2D eigenvalue weighted by atomic mass is 9.97. The fourth-order valence-electron chi connectivity index (χ4n) is 3.77. The summed E-state index contributed by atoms with van der Waals surface area (Å²) in [6, 6.07) is 4.44. The zero-order valence-corrected chi connectivity index (χ0v) is 15.0. The number of piperidine rings is 1. The summed E-state index contributed by atoms with van der Waals surface area (Å²) in [4.78, 5) is 14.7. The number of rotatable bonds is 2. The molecule has 0 N–H and O–H groups in total. The second-order valence-electron chi connectivity index (χ2n) is 5.96. The van der Waals surface area contributed by atoms with E-state index < -0.39 is 0 Å². The van der Waals surface area contributed by atoms with E-state index >= 15 is 0 Å². The number of fused-ring (bicyclic) bond motifs is 2. The van der Waals surface area contributed by atoms with Gasteiger partial charge < -0.3 is 9.32 Å². The number of aromatic nitrogens is 2. The van der Waals surface area contributed by atoms with E-state index in [0.717, 1.165) is 30.2 Å². The van der Waals surface area contributed by atoms with Gasteiger partial charge in [-0.3, -0.25) is 9.48 Å². The summed E-state index contributed by atoms with van der Waals surface area (Å²) < 4.78 is 9.06. The van der Waals surface area contributed by atoms with Crippen molar-refractivity contribution in [3.8, 4) is 0 Å². The van der Waals surface area contributed by atoms with E-state index in [1.807, 2.05) is 22.0 Å². The minimum atomic E-state index is 0.0123. The van der Waals surface area contributed by atoms with E-state index in [1.54, 1.807) is 12.1 Å². The van der Waals surface area contributed by atoms with Gasteiger partial charge in [0.15, 0.2) is 10.4 Å². The predicted molar refractivity (Wildman–Crippen MR) is 87.6 cm³/mol. The monoisotopic (exact) mass is 427 g/mol. The van der Waals surface area contributed by atoms with E-state index in [2.05, 4.69) is 37.0 Å². The highest BCUT2D eigenvalue weighted by Gasteiger charge is 2.44. The number of furan rings is 1. The molecule has 2 fully saturated rings. The highest BCUT2D eigenvalue weighted by molar-refractivity contribution is 9.10. The molecule has 116 valence electrons. The molecule has 2 bridgehead atoms. The Kier molecular flexibility index (Phi) is 3.64. The molecule has 7 heteroatoms. The van der Waals surface area contributed by atoms with Gasteiger partial charge >= 0.3 is 0 Å². The molecular weight excluding hydrogens is 414 g/mol. The molecule has 2 atom stereocenters. The Morgan fingerprint density at radius 1 is 1.18 bits per heavy atom. The van der Waals surface area contributed by atoms with Gasteiger partial charge in [-0.1, -0.05) is 0 Å². The molecule has 5 nitrogen and oxygen atoms in total. The Morgan fingerprint density at radius 3 is 2.45 bits per heavy atom. The van der Waals surface area contributed by atoms with Crippen LogP contribution in [-0.4, -0.2) is 32.7 Å². The van der Waals surface area contributed by atoms with Gasteiger partial charge in [0.25, 0.3) is 5.91 Å². The molecule has 0 aromatic carbocycles. The molecular formula is C15H15Br2N3O2. The maximum absolute atomic E-state index is 12.7. The summed E-state index contributed by atoms with van der Waals surface area (Å²) in [6.07, 6.45) is 7.88. The van der Waals surface area contributed by atoms with E-state index in [9.17, 15) is 4.79 Å². The molecule has 2 aliphatic rings. The van der Waals surface area contributed by atoms with Crippen LogP contribution in [0.15, 0.2) is 38.1 Å². The summed E-state index contributed by atoms with van der Waals surface area (Å²) in [7, 11) is 0. The number of hydrogen-bond acceptors (Lipinski definition) is 3. The quantitative estimate of drug-likeness (QED) is 0.726. The summed E-state index contributed by atoms with van der Waals surface area (Å²) in [5, 5.41) is 4.41. The molecule has 0 aliphatic carbocycles. The molecule has 4 rings (SSSR count). The van der Waals surface area contributed by atoms with Gasteiger partial charge in [-0.05, 0) is 69.7 Å². The highest BCUT2D eigenvalue weighted by Crippen LogP contribution is 2.41. The topological polar surface area (TPSA) is 51.3 Å². The predicted octanol–water partition coefficient (Wildman–Crippen LogP) is 4.01. The minimum absolute atomic E-state index is 0.0123. The van der Waals surface area contributed by atoms with Gasteiger partial charge in [0, 0.05) is 18.3 Å². The molecule has 2 aliphatic heterocycles.